The number of nitrogens with one attached hydrogen (secondary N) is 7. The Morgan fingerprint density at radius 2 is 0.886 bits per heavy atom. The number of carbonyl (C=O) groups is 8. The van der Waals surface area contributed by atoms with Crippen molar-refractivity contribution in [2.75, 3.05) is 112 Å². The monoisotopic (exact) mass is 1010 g/mol. The second-order valence-corrected chi connectivity index (χ2v) is 16.1. The summed E-state index contributed by atoms with van der Waals surface area (Å²) in [6.45, 7) is 15.4. The molecule has 0 spiro atoms. The van der Waals surface area contributed by atoms with Crippen LogP contribution in [0.4, 0.5) is 4.79 Å². The van der Waals surface area contributed by atoms with Crippen LogP contribution in [0.1, 0.15) is 106 Å². The highest BCUT2D eigenvalue weighted by atomic mass is 16.5. The van der Waals surface area contributed by atoms with E-state index in [1.807, 2.05) is 13.8 Å². The molecule has 0 aliphatic heterocycles. The number of unbranched alkanes of at least 4 members (excludes halogenated alkanes) is 2. The van der Waals surface area contributed by atoms with Gasteiger partial charge in [-0.25, -0.2) is 4.79 Å². The minimum atomic E-state index is -0.982. The minimum Gasteiger partial charge on any atom is -0.379 e. The fourth-order valence-corrected chi connectivity index (χ4v) is 6.11. The van der Waals surface area contributed by atoms with Gasteiger partial charge >= 0.3 is 6.03 Å². The van der Waals surface area contributed by atoms with Gasteiger partial charge in [0.15, 0.2) is 5.78 Å². The lowest BCUT2D eigenvalue weighted by atomic mass is 10.00. The first kappa shape index (κ1) is 67.5. The van der Waals surface area contributed by atoms with Crippen LogP contribution in [0, 0.1) is 5.92 Å². The second kappa shape index (κ2) is 46.8. The van der Waals surface area contributed by atoms with Gasteiger partial charge in [0.25, 0.3) is 0 Å². The van der Waals surface area contributed by atoms with E-state index in [1.165, 1.54) is 13.8 Å². The number of hydrogen-bond acceptors (Lipinski definition) is 16. The standard InChI is InChI=1S/C44H84N10O14.C2H6/c1-32(2)40(43(61)53-35(33(3)55)12-9-17-50-44(47)62)54-42(60)37(11-6-8-16-46)52-39(58)14-21-64-25-29-68-30-26-65-22-18-48-38(57)13-20-63-24-28-67-31-27-66-23-19-49-41(59)36(51-34(4)56)10-5-7-15-45;1-2/h32,35-37,40H,5-31,45-46H2,1-4H3,(H,48,57)(H,49,59)(H,51,56)(H,52,58)(H,53,61)(H,54,60)(H3,47,50,62);1-2H3. The van der Waals surface area contributed by atoms with Crippen LogP contribution in [0.15, 0.2) is 0 Å². The molecule has 24 heteroatoms. The summed E-state index contributed by atoms with van der Waals surface area (Å²) in [6, 6.07) is -4.02. The topological polar surface area (TPSA) is 354 Å². The summed E-state index contributed by atoms with van der Waals surface area (Å²) in [4.78, 5) is 98.3. The molecule has 0 aliphatic carbocycles. The molecular formula is C46H90N10O14. The van der Waals surface area contributed by atoms with Crippen LogP contribution in [0.2, 0.25) is 0 Å². The third-order valence-corrected chi connectivity index (χ3v) is 9.81. The van der Waals surface area contributed by atoms with Gasteiger partial charge in [0.1, 0.15) is 18.1 Å². The van der Waals surface area contributed by atoms with Crippen LogP contribution >= 0.6 is 0 Å². The summed E-state index contributed by atoms with van der Waals surface area (Å²) in [7, 11) is 0. The van der Waals surface area contributed by atoms with Crippen LogP contribution in [-0.2, 0) is 62.0 Å². The molecule has 0 saturated carbocycles. The van der Waals surface area contributed by atoms with Gasteiger partial charge in [-0.1, -0.05) is 27.7 Å². The third kappa shape index (κ3) is 40.2. The van der Waals surface area contributed by atoms with Crippen molar-refractivity contribution in [1.82, 2.24) is 37.2 Å². The van der Waals surface area contributed by atoms with Crippen molar-refractivity contribution in [3.8, 4) is 0 Å². The van der Waals surface area contributed by atoms with E-state index < -0.39 is 47.9 Å². The highest BCUT2D eigenvalue weighted by Crippen LogP contribution is 2.09. The molecule has 8 amide bonds. The van der Waals surface area contributed by atoms with Crippen molar-refractivity contribution < 1.29 is 66.8 Å². The molecule has 0 aromatic rings. The van der Waals surface area contributed by atoms with Crippen molar-refractivity contribution in [2.45, 2.75) is 130 Å². The van der Waals surface area contributed by atoms with E-state index in [1.54, 1.807) is 13.8 Å². The van der Waals surface area contributed by atoms with Crippen LogP contribution in [0.5, 0.6) is 0 Å². The number of ketones is 1. The number of primary amides is 1. The largest absolute Gasteiger partial charge is 0.379 e. The van der Waals surface area contributed by atoms with Gasteiger partial charge in [0.2, 0.25) is 35.4 Å². The summed E-state index contributed by atoms with van der Waals surface area (Å²) in [6.07, 6.45) is 4.36. The smallest absolute Gasteiger partial charge is 0.312 e. The van der Waals surface area contributed by atoms with Crippen molar-refractivity contribution in [3.63, 3.8) is 0 Å². The van der Waals surface area contributed by atoms with E-state index in [2.05, 4.69) is 37.2 Å². The molecule has 0 aliphatic rings. The number of ether oxygens (including phenoxy) is 6. The fraction of sp³-hybridized carbons (Fsp3) is 0.826. The van der Waals surface area contributed by atoms with Crippen LogP contribution in [-0.4, -0.2) is 183 Å². The highest BCUT2D eigenvalue weighted by Gasteiger charge is 2.30. The highest BCUT2D eigenvalue weighted by molar-refractivity contribution is 5.94. The minimum absolute atomic E-state index is 0.0149. The Kier molecular flexibility index (Phi) is 45.1. The normalized spacial score (nSPS) is 12.6. The Morgan fingerprint density at radius 3 is 1.34 bits per heavy atom. The number of urea groups is 1. The Morgan fingerprint density at radius 1 is 0.443 bits per heavy atom. The lowest BCUT2D eigenvalue weighted by Gasteiger charge is -2.27. The number of amides is 8. The molecular weight excluding hydrogens is 917 g/mol. The molecule has 4 atom stereocenters. The molecule has 0 fully saturated rings. The van der Waals surface area contributed by atoms with Crippen LogP contribution in [0.25, 0.3) is 0 Å². The predicted molar refractivity (Wildman–Crippen MR) is 263 cm³/mol. The van der Waals surface area contributed by atoms with Crippen molar-refractivity contribution >= 4 is 47.3 Å². The van der Waals surface area contributed by atoms with Gasteiger partial charge < -0.3 is 82.8 Å². The molecule has 13 N–H and O–H groups in total. The molecule has 0 aromatic heterocycles. The molecule has 0 bridgehead atoms. The number of rotatable bonds is 45. The molecule has 408 valence electrons. The second-order valence-electron chi connectivity index (χ2n) is 16.1. The number of Topliss-reactive ketones (excluding diaryl/α,β-unsaturated/α-hetero) is 1. The predicted octanol–water partition coefficient (Wildman–Crippen LogP) is -0.965. The van der Waals surface area contributed by atoms with Crippen molar-refractivity contribution in [2.24, 2.45) is 23.1 Å². The summed E-state index contributed by atoms with van der Waals surface area (Å²) < 4.78 is 32.8. The molecule has 70 heavy (non-hydrogen) atoms. The lowest BCUT2D eigenvalue weighted by Crippen LogP contribution is -2.57. The molecule has 0 aromatic carbocycles. The number of carbonyl (C=O) groups excluding carboxylic acids is 8. The van der Waals surface area contributed by atoms with Gasteiger partial charge in [-0.05, 0) is 77.3 Å². The quantitative estimate of drug-likeness (QED) is 0.0328. The molecule has 0 radical (unpaired) electrons. The van der Waals surface area contributed by atoms with Crippen molar-refractivity contribution in [1.29, 1.82) is 0 Å². The van der Waals surface area contributed by atoms with Crippen LogP contribution < -0.4 is 54.4 Å². The van der Waals surface area contributed by atoms with E-state index in [-0.39, 0.29) is 81.7 Å². The summed E-state index contributed by atoms with van der Waals surface area (Å²) in [5.41, 5.74) is 16.2. The van der Waals surface area contributed by atoms with Gasteiger partial charge in [0.05, 0.1) is 85.3 Å². The molecule has 0 saturated heterocycles. The first-order chi connectivity index (χ1) is 33.6. The summed E-state index contributed by atoms with van der Waals surface area (Å²) in [5, 5.41) is 18.8. The summed E-state index contributed by atoms with van der Waals surface area (Å²) in [5.74, 6) is -2.81. The van der Waals surface area contributed by atoms with Gasteiger partial charge in [-0.15, -0.1) is 0 Å². The van der Waals surface area contributed by atoms with E-state index in [9.17, 15) is 38.4 Å². The zero-order chi connectivity index (χ0) is 52.8. The Labute approximate surface area is 415 Å². The SMILES string of the molecule is CC.CC(=O)NC(CCCCN)C(=O)NCCOCCOCCOCCC(=O)NCCOCCOCCOCCC(=O)NC(CCCCN)C(=O)NC(C(=O)NC(CCCNC(N)=O)C(C)=O)C(C)C. The van der Waals surface area contributed by atoms with E-state index in [0.717, 1.165) is 12.8 Å². The van der Waals surface area contributed by atoms with E-state index in [4.69, 9.17) is 45.6 Å². The van der Waals surface area contributed by atoms with E-state index in [0.29, 0.717) is 111 Å². The maximum Gasteiger partial charge on any atom is 0.312 e. The summed E-state index contributed by atoms with van der Waals surface area (Å²) >= 11 is 0. The Hall–Kier alpha value is -4.56. The zero-order valence-electron chi connectivity index (χ0n) is 42.9. The van der Waals surface area contributed by atoms with E-state index >= 15 is 0 Å². The number of nitrogens with two attached hydrogens (primary N) is 3. The maximum atomic E-state index is 13.4. The average molecular weight is 1010 g/mol. The fourth-order valence-electron chi connectivity index (χ4n) is 6.11. The molecule has 24 nitrogen and oxygen atoms in total. The number of hydrogen-bond donors (Lipinski definition) is 10. The molecule has 4 unspecified atom stereocenters. The third-order valence-electron chi connectivity index (χ3n) is 9.81. The van der Waals surface area contributed by atoms with Gasteiger partial charge in [-0.2, -0.15) is 0 Å². The van der Waals surface area contributed by atoms with Crippen molar-refractivity contribution in [3.05, 3.63) is 0 Å². The Bertz CT molecular complexity index is 1430. The van der Waals surface area contributed by atoms with Gasteiger partial charge in [0, 0.05) is 39.4 Å². The Balaban J connectivity index is 0. The molecule has 0 rings (SSSR count). The first-order valence-corrected chi connectivity index (χ1v) is 24.7. The lowest BCUT2D eigenvalue weighted by molar-refractivity contribution is -0.134. The maximum absolute atomic E-state index is 13.4. The van der Waals surface area contributed by atoms with Gasteiger partial charge in [-0.3, -0.25) is 33.6 Å². The average Bonchev–Trinajstić information content (AvgIpc) is 3.31. The van der Waals surface area contributed by atoms with Crippen LogP contribution in [0.3, 0.4) is 0 Å². The first-order valence-electron chi connectivity index (χ1n) is 24.7. The zero-order valence-corrected chi connectivity index (χ0v) is 42.9. The molecule has 0 heterocycles.